The second kappa shape index (κ2) is 5.65. The standard InChI is InChI=1S/C13H17N7S/c1-4-14-13-18-11-10(15-7-16-11)12(19-13)20(3)5-9-6-21-8(2)17-9/h6-7H,4-5H2,1-3H3,(H2,14,15,16,18,19). The third-order valence-electron chi connectivity index (χ3n) is 3.03. The minimum absolute atomic E-state index is 0.591. The van der Waals surface area contributed by atoms with Crippen molar-refractivity contribution in [3.63, 3.8) is 0 Å². The molecule has 0 atom stereocenters. The van der Waals surface area contributed by atoms with E-state index in [1.165, 1.54) is 0 Å². The van der Waals surface area contributed by atoms with Gasteiger partial charge in [0.05, 0.1) is 23.6 Å². The number of nitrogens with zero attached hydrogens (tertiary/aromatic N) is 5. The van der Waals surface area contributed by atoms with Gasteiger partial charge in [0.2, 0.25) is 5.95 Å². The third kappa shape index (κ3) is 2.80. The van der Waals surface area contributed by atoms with E-state index in [2.05, 4.69) is 40.5 Å². The van der Waals surface area contributed by atoms with Crippen molar-refractivity contribution in [2.45, 2.75) is 20.4 Å². The maximum Gasteiger partial charge on any atom is 0.226 e. The molecule has 0 bridgehead atoms. The zero-order valence-electron chi connectivity index (χ0n) is 12.2. The van der Waals surface area contributed by atoms with Crippen molar-refractivity contribution in [2.24, 2.45) is 0 Å². The molecule has 0 saturated carbocycles. The molecule has 2 N–H and O–H groups in total. The van der Waals surface area contributed by atoms with Crippen LogP contribution in [0.2, 0.25) is 0 Å². The van der Waals surface area contributed by atoms with Gasteiger partial charge >= 0.3 is 0 Å². The quantitative estimate of drug-likeness (QED) is 0.752. The number of hydrogen-bond donors (Lipinski definition) is 2. The molecule has 0 unspecified atom stereocenters. The number of rotatable bonds is 5. The van der Waals surface area contributed by atoms with Crippen LogP contribution in [0.3, 0.4) is 0 Å². The molecule has 8 heteroatoms. The Labute approximate surface area is 126 Å². The van der Waals surface area contributed by atoms with Crippen LogP contribution in [0.15, 0.2) is 11.7 Å². The summed E-state index contributed by atoms with van der Waals surface area (Å²) in [5.74, 6) is 1.41. The minimum Gasteiger partial charge on any atom is -0.354 e. The number of H-pyrrole nitrogens is 1. The van der Waals surface area contributed by atoms with Gasteiger partial charge in [0.25, 0.3) is 0 Å². The van der Waals surface area contributed by atoms with Crippen LogP contribution < -0.4 is 10.2 Å². The highest BCUT2D eigenvalue weighted by atomic mass is 32.1. The van der Waals surface area contributed by atoms with Gasteiger partial charge in [0.15, 0.2) is 11.5 Å². The van der Waals surface area contributed by atoms with Gasteiger partial charge in [-0.25, -0.2) is 9.97 Å². The Bertz CT molecular complexity index is 748. The summed E-state index contributed by atoms with van der Waals surface area (Å²) in [7, 11) is 1.99. The van der Waals surface area contributed by atoms with Crippen LogP contribution in [0.4, 0.5) is 11.8 Å². The summed E-state index contributed by atoms with van der Waals surface area (Å²) in [4.78, 5) is 22.8. The summed E-state index contributed by atoms with van der Waals surface area (Å²) in [5, 5.41) is 6.28. The molecule has 3 heterocycles. The van der Waals surface area contributed by atoms with E-state index in [1.807, 2.05) is 20.9 Å². The molecule has 0 aromatic carbocycles. The first-order valence-corrected chi connectivity index (χ1v) is 7.62. The Balaban J connectivity index is 1.95. The SMILES string of the molecule is CCNc1nc(N(C)Cc2csc(C)n2)c2[nH]cnc2n1. The number of nitrogens with one attached hydrogen (secondary N) is 2. The van der Waals surface area contributed by atoms with Crippen molar-refractivity contribution < 1.29 is 0 Å². The Morgan fingerprint density at radius 1 is 1.33 bits per heavy atom. The number of hydrogen-bond acceptors (Lipinski definition) is 7. The fourth-order valence-electron chi connectivity index (χ4n) is 2.13. The van der Waals surface area contributed by atoms with Gasteiger partial charge < -0.3 is 15.2 Å². The second-order valence-electron chi connectivity index (χ2n) is 4.72. The van der Waals surface area contributed by atoms with Gasteiger partial charge in [0, 0.05) is 19.0 Å². The molecule has 110 valence electrons. The van der Waals surface area contributed by atoms with Crippen molar-refractivity contribution in [3.8, 4) is 0 Å². The predicted molar refractivity (Wildman–Crippen MR) is 84.8 cm³/mol. The van der Waals surface area contributed by atoms with Gasteiger partial charge in [-0.3, -0.25) is 0 Å². The molecule has 0 aliphatic rings. The van der Waals surface area contributed by atoms with Gasteiger partial charge in [-0.2, -0.15) is 9.97 Å². The van der Waals surface area contributed by atoms with Crippen LogP contribution in [-0.2, 0) is 6.54 Å². The van der Waals surface area contributed by atoms with Crippen molar-refractivity contribution >= 4 is 34.3 Å². The van der Waals surface area contributed by atoms with Gasteiger partial charge in [-0.05, 0) is 13.8 Å². The smallest absolute Gasteiger partial charge is 0.226 e. The number of thiazole rings is 1. The number of aryl methyl sites for hydroxylation is 1. The highest BCUT2D eigenvalue weighted by molar-refractivity contribution is 7.09. The summed E-state index contributed by atoms with van der Waals surface area (Å²) in [6.45, 7) is 5.49. The second-order valence-corrected chi connectivity index (χ2v) is 5.78. The van der Waals surface area contributed by atoms with E-state index in [1.54, 1.807) is 17.7 Å². The lowest BCUT2D eigenvalue weighted by Crippen LogP contribution is -2.19. The highest BCUT2D eigenvalue weighted by Gasteiger charge is 2.14. The minimum atomic E-state index is 0.591. The number of anilines is 2. The molecule has 21 heavy (non-hydrogen) atoms. The van der Waals surface area contributed by atoms with Crippen LogP contribution in [-0.4, -0.2) is 38.5 Å². The number of fused-ring (bicyclic) bond motifs is 1. The largest absolute Gasteiger partial charge is 0.354 e. The van der Waals surface area contributed by atoms with Crippen LogP contribution >= 0.6 is 11.3 Å². The predicted octanol–water partition coefficient (Wildman–Crippen LogP) is 2.19. The molecule has 0 fully saturated rings. The molecule has 7 nitrogen and oxygen atoms in total. The van der Waals surface area contributed by atoms with Crippen LogP contribution in [0.1, 0.15) is 17.6 Å². The first-order chi connectivity index (χ1) is 10.2. The van der Waals surface area contributed by atoms with Crippen molar-refractivity contribution in [1.29, 1.82) is 0 Å². The lowest BCUT2D eigenvalue weighted by molar-refractivity contribution is 0.870. The Morgan fingerprint density at radius 2 is 2.19 bits per heavy atom. The first-order valence-electron chi connectivity index (χ1n) is 6.74. The molecule has 0 amide bonds. The summed E-state index contributed by atoms with van der Waals surface area (Å²) < 4.78 is 0. The van der Waals surface area contributed by atoms with E-state index < -0.39 is 0 Å². The third-order valence-corrected chi connectivity index (χ3v) is 3.85. The van der Waals surface area contributed by atoms with Crippen LogP contribution in [0.25, 0.3) is 11.2 Å². The van der Waals surface area contributed by atoms with E-state index >= 15 is 0 Å². The summed E-state index contributed by atoms with van der Waals surface area (Å²) in [6, 6.07) is 0. The molecular weight excluding hydrogens is 286 g/mol. The zero-order chi connectivity index (χ0) is 14.8. The van der Waals surface area contributed by atoms with Gasteiger partial charge in [-0.15, -0.1) is 11.3 Å². The average Bonchev–Trinajstić information content (AvgIpc) is 3.07. The van der Waals surface area contributed by atoms with Crippen molar-refractivity contribution in [1.82, 2.24) is 24.9 Å². The topological polar surface area (TPSA) is 82.6 Å². The zero-order valence-corrected chi connectivity index (χ0v) is 13.0. The fourth-order valence-corrected chi connectivity index (χ4v) is 2.73. The Kier molecular flexibility index (Phi) is 3.70. The van der Waals surface area contributed by atoms with E-state index in [0.29, 0.717) is 18.1 Å². The van der Waals surface area contributed by atoms with E-state index in [-0.39, 0.29) is 0 Å². The molecule has 0 spiro atoms. The summed E-state index contributed by atoms with van der Waals surface area (Å²) in [5.41, 5.74) is 2.54. The molecule has 3 rings (SSSR count). The number of aromatic amines is 1. The molecule has 0 radical (unpaired) electrons. The van der Waals surface area contributed by atoms with Crippen molar-refractivity contribution in [2.75, 3.05) is 23.8 Å². The Morgan fingerprint density at radius 3 is 2.90 bits per heavy atom. The van der Waals surface area contributed by atoms with Crippen molar-refractivity contribution in [3.05, 3.63) is 22.4 Å². The molecular formula is C13H17N7S. The highest BCUT2D eigenvalue weighted by Crippen LogP contribution is 2.23. The maximum absolute atomic E-state index is 4.57. The Hall–Kier alpha value is -2.22. The van der Waals surface area contributed by atoms with Gasteiger partial charge in [-0.1, -0.05) is 0 Å². The molecule has 3 aromatic heterocycles. The normalized spacial score (nSPS) is 11.0. The lowest BCUT2D eigenvalue weighted by atomic mass is 10.4. The first kappa shape index (κ1) is 13.7. The number of imidazole rings is 1. The molecule has 0 aliphatic carbocycles. The van der Waals surface area contributed by atoms with Crippen LogP contribution in [0.5, 0.6) is 0 Å². The van der Waals surface area contributed by atoms with E-state index in [0.717, 1.165) is 28.6 Å². The van der Waals surface area contributed by atoms with E-state index in [9.17, 15) is 0 Å². The van der Waals surface area contributed by atoms with Gasteiger partial charge in [0.1, 0.15) is 5.52 Å². The molecule has 3 aromatic rings. The maximum atomic E-state index is 4.57. The lowest BCUT2D eigenvalue weighted by Gasteiger charge is -2.18. The summed E-state index contributed by atoms with van der Waals surface area (Å²) >= 11 is 1.66. The summed E-state index contributed by atoms with van der Waals surface area (Å²) in [6.07, 6.45) is 1.64. The molecule has 0 aliphatic heterocycles. The monoisotopic (exact) mass is 303 g/mol. The molecule has 0 saturated heterocycles. The number of aromatic nitrogens is 5. The van der Waals surface area contributed by atoms with Crippen LogP contribution in [0, 0.1) is 6.92 Å². The fraction of sp³-hybridized carbons (Fsp3) is 0.385. The van der Waals surface area contributed by atoms with E-state index in [4.69, 9.17) is 0 Å². The average molecular weight is 303 g/mol.